The number of nitro groups is 1. The van der Waals surface area contributed by atoms with Crippen molar-refractivity contribution in [3.05, 3.63) is 34.0 Å². The number of aromatic carboxylic acids is 1. The Morgan fingerprint density at radius 2 is 2.25 bits per heavy atom. The molecule has 104 valence electrons. The Balaban J connectivity index is 2.55. The molecule has 0 aliphatic rings. The van der Waals surface area contributed by atoms with Gasteiger partial charge in [-0.2, -0.15) is 0 Å². The molecule has 1 heterocycles. The molecule has 3 N–H and O–H groups in total. The maximum Gasteiger partial charge on any atom is 0.357 e. The van der Waals surface area contributed by atoms with E-state index in [4.69, 9.17) is 15.6 Å². The number of aromatic nitrogens is 1. The largest absolute Gasteiger partial charge is 0.496 e. The van der Waals surface area contributed by atoms with E-state index in [0.29, 0.717) is 10.6 Å². The third-order valence-electron chi connectivity index (χ3n) is 2.48. The summed E-state index contributed by atoms with van der Waals surface area (Å²) in [5, 5.41) is 20.0. The van der Waals surface area contributed by atoms with E-state index in [1.54, 1.807) is 0 Å². The Morgan fingerprint density at radius 3 is 2.75 bits per heavy atom. The molecule has 8 nitrogen and oxygen atoms in total. The molecule has 20 heavy (non-hydrogen) atoms. The highest BCUT2D eigenvalue weighted by atomic mass is 32.1. The summed E-state index contributed by atoms with van der Waals surface area (Å²) in [6.07, 6.45) is 0. The van der Waals surface area contributed by atoms with Crippen molar-refractivity contribution >= 4 is 28.0 Å². The molecule has 0 fully saturated rings. The summed E-state index contributed by atoms with van der Waals surface area (Å²) in [5.74, 6) is -1.00. The van der Waals surface area contributed by atoms with E-state index in [0.717, 1.165) is 11.3 Å². The van der Waals surface area contributed by atoms with Crippen molar-refractivity contribution in [2.24, 2.45) is 0 Å². The number of anilines is 1. The van der Waals surface area contributed by atoms with Crippen LogP contribution in [0, 0.1) is 10.1 Å². The molecule has 9 heteroatoms. The van der Waals surface area contributed by atoms with E-state index < -0.39 is 10.9 Å². The van der Waals surface area contributed by atoms with Gasteiger partial charge in [-0.15, -0.1) is 0 Å². The Morgan fingerprint density at radius 1 is 1.55 bits per heavy atom. The third-order valence-corrected chi connectivity index (χ3v) is 3.40. The van der Waals surface area contributed by atoms with Crippen LogP contribution in [0.25, 0.3) is 10.6 Å². The highest BCUT2D eigenvalue weighted by Crippen LogP contribution is 2.37. The van der Waals surface area contributed by atoms with Crippen LogP contribution in [0.3, 0.4) is 0 Å². The molecule has 0 saturated heterocycles. The fourth-order valence-corrected chi connectivity index (χ4v) is 2.42. The van der Waals surface area contributed by atoms with Crippen molar-refractivity contribution in [2.75, 3.05) is 12.8 Å². The number of rotatable bonds is 4. The number of thiazole rings is 1. The SMILES string of the molecule is COc1cc([N+](=O)[O-])ccc1-c1nc(C(=O)O)c(N)s1. The second-order valence-electron chi connectivity index (χ2n) is 3.68. The van der Waals surface area contributed by atoms with Crippen molar-refractivity contribution in [1.29, 1.82) is 0 Å². The number of nitrogens with two attached hydrogens (primary N) is 1. The summed E-state index contributed by atoms with van der Waals surface area (Å²) in [4.78, 5) is 25.0. The number of non-ortho nitro benzene ring substituents is 1. The van der Waals surface area contributed by atoms with Gasteiger partial charge < -0.3 is 15.6 Å². The lowest BCUT2D eigenvalue weighted by molar-refractivity contribution is -0.384. The van der Waals surface area contributed by atoms with Crippen LogP contribution in [0.5, 0.6) is 5.75 Å². The smallest absolute Gasteiger partial charge is 0.357 e. The predicted octanol–water partition coefficient (Wildman–Crippen LogP) is 2.01. The van der Waals surface area contributed by atoms with E-state index in [1.807, 2.05) is 0 Å². The van der Waals surface area contributed by atoms with Gasteiger partial charge in [0.05, 0.1) is 23.7 Å². The highest BCUT2D eigenvalue weighted by molar-refractivity contribution is 7.19. The van der Waals surface area contributed by atoms with Crippen LogP contribution >= 0.6 is 11.3 Å². The average molecular weight is 295 g/mol. The number of benzene rings is 1. The van der Waals surface area contributed by atoms with Gasteiger partial charge in [0.25, 0.3) is 5.69 Å². The lowest BCUT2D eigenvalue weighted by Gasteiger charge is -2.05. The summed E-state index contributed by atoms with van der Waals surface area (Å²) in [6, 6.07) is 3.98. The van der Waals surface area contributed by atoms with E-state index >= 15 is 0 Å². The van der Waals surface area contributed by atoms with Crippen LogP contribution in [0.1, 0.15) is 10.5 Å². The van der Waals surface area contributed by atoms with Gasteiger partial charge >= 0.3 is 5.97 Å². The summed E-state index contributed by atoms with van der Waals surface area (Å²) in [5.41, 5.74) is 5.65. The molecule has 2 aromatic rings. The molecule has 1 aromatic heterocycles. The molecule has 0 spiro atoms. The second-order valence-corrected chi connectivity index (χ2v) is 4.71. The third kappa shape index (κ3) is 2.38. The molecule has 0 aliphatic heterocycles. The topological polar surface area (TPSA) is 129 Å². The molecule has 0 amide bonds. The number of ether oxygens (including phenoxy) is 1. The van der Waals surface area contributed by atoms with Crippen LogP contribution in [0.15, 0.2) is 18.2 Å². The Labute approximate surface area is 116 Å². The number of carboxylic acids is 1. The number of carbonyl (C=O) groups is 1. The molecule has 0 saturated carbocycles. The highest BCUT2D eigenvalue weighted by Gasteiger charge is 2.20. The molecule has 0 unspecified atom stereocenters. The zero-order chi connectivity index (χ0) is 14.9. The monoisotopic (exact) mass is 295 g/mol. The Kier molecular flexibility index (Phi) is 3.53. The number of nitro benzene ring substituents is 1. The van der Waals surface area contributed by atoms with Crippen molar-refractivity contribution in [1.82, 2.24) is 4.98 Å². The Hall–Kier alpha value is -2.68. The fourth-order valence-electron chi connectivity index (χ4n) is 1.57. The zero-order valence-electron chi connectivity index (χ0n) is 10.2. The summed E-state index contributed by atoms with van der Waals surface area (Å²) in [7, 11) is 1.36. The first-order valence-electron chi connectivity index (χ1n) is 5.26. The van der Waals surface area contributed by atoms with Crippen LogP contribution in [0.2, 0.25) is 0 Å². The van der Waals surface area contributed by atoms with Gasteiger partial charge in [0.1, 0.15) is 15.8 Å². The first-order chi connectivity index (χ1) is 9.43. The first-order valence-corrected chi connectivity index (χ1v) is 6.08. The lowest BCUT2D eigenvalue weighted by atomic mass is 10.2. The van der Waals surface area contributed by atoms with Crippen LogP contribution in [-0.4, -0.2) is 28.1 Å². The van der Waals surface area contributed by atoms with Crippen molar-refractivity contribution in [3.63, 3.8) is 0 Å². The molecule has 2 rings (SSSR count). The molecule has 0 atom stereocenters. The average Bonchev–Trinajstić information content (AvgIpc) is 2.80. The summed E-state index contributed by atoms with van der Waals surface area (Å²) in [6.45, 7) is 0. The Bertz CT molecular complexity index is 697. The molecule has 0 bridgehead atoms. The van der Waals surface area contributed by atoms with Crippen LogP contribution in [0.4, 0.5) is 10.7 Å². The standard InChI is InChI=1S/C11H9N3O5S/c1-19-7-4-5(14(17)18)2-3-6(7)10-13-8(11(15)16)9(12)20-10/h2-4H,12H2,1H3,(H,15,16). The molecular formula is C11H9N3O5S. The number of nitrogens with zero attached hydrogens (tertiary/aromatic N) is 2. The number of hydrogen-bond donors (Lipinski definition) is 2. The van der Waals surface area contributed by atoms with Gasteiger partial charge in [-0.05, 0) is 6.07 Å². The van der Waals surface area contributed by atoms with Crippen LogP contribution < -0.4 is 10.5 Å². The lowest BCUT2D eigenvalue weighted by Crippen LogP contribution is -2.00. The zero-order valence-corrected chi connectivity index (χ0v) is 11.0. The minimum Gasteiger partial charge on any atom is -0.496 e. The fraction of sp³-hybridized carbons (Fsp3) is 0.0909. The molecular weight excluding hydrogens is 286 g/mol. The van der Waals surface area contributed by atoms with E-state index in [9.17, 15) is 14.9 Å². The molecule has 0 radical (unpaired) electrons. The first kappa shape index (κ1) is 13.7. The van der Waals surface area contributed by atoms with Gasteiger partial charge in [-0.1, -0.05) is 11.3 Å². The normalized spacial score (nSPS) is 10.2. The molecule has 0 aliphatic carbocycles. The van der Waals surface area contributed by atoms with Gasteiger partial charge in [0, 0.05) is 6.07 Å². The van der Waals surface area contributed by atoms with E-state index in [2.05, 4.69) is 4.98 Å². The second kappa shape index (κ2) is 5.13. The van der Waals surface area contributed by atoms with E-state index in [-0.39, 0.29) is 22.1 Å². The predicted molar refractivity (Wildman–Crippen MR) is 72.1 cm³/mol. The summed E-state index contributed by atoms with van der Waals surface area (Å²) < 4.78 is 5.07. The quantitative estimate of drug-likeness (QED) is 0.651. The number of hydrogen-bond acceptors (Lipinski definition) is 7. The summed E-state index contributed by atoms with van der Waals surface area (Å²) >= 11 is 0.976. The minimum atomic E-state index is -1.23. The van der Waals surface area contributed by atoms with E-state index in [1.165, 1.54) is 25.3 Å². The molecule has 1 aromatic carbocycles. The van der Waals surface area contributed by atoms with Gasteiger partial charge in [0.15, 0.2) is 5.69 Å². The van der Waals surface area contributed by atoms with Crippen molar-refractivity contribution in [2.45, 2.75) is 0 Å². The van der Waals surface area contributed by atoms with Gasteiger partial charge in [-0.25, -0.2) is 9.78 Å². The number of nitrogen functional groups attached to an aromatic ring is 1. The van der Waals surface area contributed by atoms with Crippen LogP contribution in [-0.2, 0) is 0 Å². The van der Waals surface area contributed by atoms with Crippen molar-refractivity contribution in [3.8, 4) is 16.3 Å². The maximum absolute atomic E-state index is 10.9. The van der Waals surface area contributed by atoms with Gasteiger partial charge in [0.2, 0.25) is 0 Å². The minimum absolute atomic E-state index is 0.0629. The van der Waals surface area contributed by atoms with Crippen molar-refractivity contribution < 1.29 is 19.6 Å². The van der Waals surface area contributed by atoms with Gasteiger partial charge in [-0.3, -0.25) is 10.1 Å². The number of methoxy groups -OCH3 is 1. The number of carboxylic acid groups (broad SMARTS) is 1. The maximum atomic E-state index is 10.9.